The molecule has 0 aliphatic heterocycles. The van der Waals surface area contributed by atoms with E-state index in [1.54, 1.807) is 20.8 Å². The number of hydrogen-bond donors (Lipinski definition) is 2. The van der Waals surface area contributed by atoms with Crippen LogP contribution in [0.25, 0.3) is 0 Å². The van der Waals surface area contributed by atoms with Crippen LogP contribution in [0.4, 0.5) is 13.6 Å². The zero-order valence-corrected chi connectivity index (χ0v) is 8.38. The first kappa shape index (κ1) is 13.1. The first-order chi connectivity index (χ1) is 6.26. The zero-order valence-electron chi connectivity index (χ0n) is 8.38. The SMILES string of the molecule is CC(C)(C)OC(=O)N[C@H](CO)C(F)F. The summed E-state index contributed by atoms with van der Waals surface area (Å²) in [4.78, 5) is 11.0. The molecule has 0 unspecified atom stereocenters. The molecule has 1 amide bonds. The Balaban J connectivity index is 4.04. The van der Waals surface area contributed by atoms with Crippen LogP contribution in [0, 0.1) is 0 Å². The molecule has 4 nitrogen and oxygen atoms in total. The molecule has 0 aromatic carbocycles. The fourth-order valence-electron chi connectivity index (χ4n) is 0.647. The molecular weight excluding hydrogens is 196 g/mol. The third kappa shape index (κ3) is 5.69. The van der Waals surface area contributed by atoms with Gasteiger partial charge in [-0.05, 0) is 20.8 Å². The van der Waals surface area contributed by atoms with Crippen molar-refractivity contribution in [3.05, 3.63) is 0 Å². The van der Waals surface area contributed by atoms with Gasteiger partial charge in [-0.1, -0.05) is 0 Å². The van der Waals surface area contributed by atoms with Gasteiger partial charge in [-0.15, -0.1) is 0 Å². The molecule has 0 aromatic heterocycles. The van der Waals surface area contributed by atoms with Crippen LogP contribution in [-0.2, 0) is 4.74 Å². The molecule has 0 radical (unpaired) electrons. The maximum absolute atomic E-state index is 12.1. The van der Waals surface area contributed by atoms with E-state index in [2.05, 4.69) is 0 Å². The lowest BCUT2D eigenvalue weighted by atomic mass is 10.2. The van der Waals surface area contributed by atoms with Gasteiger partial charge in [0, 0.05) is 0 Å². The number of carbonyl (C=O) groups is 1. The highest BCUT2D eigenvalue weighted by atomic mass is 19.3. The van der Waals surface area contributed by atoms with E-state index in [1.807, 2.05) is 5.32 Å². The molecule has 84 valence electrons. The van der Waals surface area contributed by atoms with Crippen molar-refractivity contribution in [2.24, 2.45) is 0 Å². The van der Waals surface area contributed by atoms with Gasteiger partial charge in [0.25, 0.3) is 6.43 Å². The van der Waals surface area contributed by atoms with Gasteiger partial charge in [0.05, 0.1) is 6.61 Å². The second-order valence-corrected chi connectivity index (χ2v) is 3.77. The normalized spacial score (nSPS) is 13.9. The largest absolute Gasteiger partial charge is 0.444 e. The highest BCUT2D eigenvalue weighted by Gasteiger charge is 2.24. The van der Waals surface area contributed by atoms with Gasteiger partial charge in [-0.25, -0.2) is 13.6 Å². The Morgan fingerprint density at radius 2 is 2.00 bits per heavy atom. The van der Waals surface area contributed by atoms with E-state index in [9.17, 15) is 13.6 Å². The molecule has 1 atom stereocenters. The van der Waals surface area contributed by atoms with Gasteiger partial charge in [0.15, 0.2) is 0 Å². The highest BCUT2D eigenvalue weighted by molar-refractivity contribution is 5.68. The Kier molecular flexibility index (Phi) is 4.76. The van der Waals surface area contributed by atoms with Crippen LogP contribution in [0.5, 0.6) is 0 Å². The van der Waals surface area contributed by atoms with Gasteiger partial charge >= 0.3 is 6.09 Å². The van der Waals surface area contributed by atoms with Crippen LogP contribution >= 0.6 is 0 Å². The van der Waals surface area contributed by atoms with E-state index in [0.717, 1.165) is 0 Å². The van der Waals surface area contributed by atoms with Crippen LogP contribution in [0.3, 0.4) is 0 Å². The van der Waals surface area contributed by atoms with Gasteiger partial charge < -0.3 is 15.2 Å². The van der Waals surface area contributed by atoms with E-state index in [-0.39, 0.29) is 0 Å². The topological polar surface area (TPSA) is 58.6 Å². The number of rotatable bonds is 3. The molecular formula is C8H15F2NO3. The van der Waals surface area contributed by atoms with Crippen LogP contribution in [0.2, 0.25) is 0 Å². The minimum absolute atomic E-state index is 0.744. The van der Waals surface area contributed by atoms with Crippen LogP contribution in [0.1, 0.15) is 20.8 Å². The molecule has 6 heteroatoms. The molecule has 0 aromatic rings. The Morgan fingerprint density at radius 3 is 2.29 bits per heavy atom. The summed E-state index contributed by atoms with van der Waals surface area (Å²) in [6.45, 7) is 4.02. The van der Waals surface area contributed by atoms with E-state index in [0.29, 0.717) is 0 Å². The molecule has 0 spiro atoms. The fourth-order valence-corrected chi connectivity index (χ4v) is 0.647. The number of ether oxygens (including phenoxy) is 1. The molecule has 0 fully saturated rings. The van der Waals surface area contributed by atoms with Crippen molar-refractivity contribution in [1.29, 1.82) is 0 Å². The summed E-state index contributed by atoms with van der Waals surface area (Å²) in [5.41, 5.74) is -0.744. The standard InChI is InChI=1S/C8H15F2NO3/c1-8(2,3)14-7(13)11-5(4-12)6(9)10/h5-6,12H,4H2,1-3H3,(H,11,13)/t5-/m1/s1. The second-order valence-electron chi connectivity index (χ2n) is 3.77. The average Bonchev–Trinajstić information content (AvgIpc) is 1.96. The predicted molar refractivity (Wildman–Crippen MR) is 46.2 cm³/mol. The smallest absolute Gasteiger partial charge is 0.408 e. The zero-order chi connectivity index (χ0) is 11.4. The molecule has 0 saturated carbocycles. The first-order valence-corrected chi connectivity index (χ1v) is 4.15. The van der Waals surface area contributed by atoms with Crippen LogP contribution in [-0.4, -0.2) is 35.9 Å². The van der Waals surface area contributed by atoms with E-state index < -0.39 is 30.8 Å². The third-order valence-electron chi connectivity index (χ3n) is 1.20. The third-order valence-corrected chi connectivity index (χ3v) is 1.20. The summed E-state index contributed by atoms with van der Waals surface area (Å²) < 4.78 is 28.9. The Morgan fingerprint density at radius 1 is 1.50 bits per heavy atom. The highest BCUT2D eigenvalue weighted by Crippen LogP contribution is 2.08. The quantitative estimate of drug-likeness (QED) is 0.735. The monoisotopic (exact) mass is 211 g/mol. The molecule has 0 saturated heterocycles. The summed E-state index contributed by atoms with van der Waals surface area (Å²) in [6, 6.07) is -1.58. The van der Waals surface area contributed by atoms with Crippen molar-refractivity contribution in [3.8, 4) is 0 Å². The number of alkyl carbamates (subject to hydrolysis) is 1. The first-order valence-electron chi connectivity index (χ1n) is 4.15. The van der Waals surface area contributed by atoms with Crippen LogP contribution in [0.15, 0.2) is 0 Å². The summed E-state index contributed by atoms with van der Waals surface area (Å²) in [5.74, 6) is 0. The van der Waals surface area contributed by atoms with Gasteiger partial charge in [-0.2, -0.15) is 0 Å². The lowest BCUT2D eigenvalue weighted by Crippen LogP contribution is -2.44. The van der Waals surface area contributed by atoms with Gasteiger partial charge in [0.2, 0.25) is 0 Å². The van der Waals surface area contributed by atoms with Gasteiger partial charge in [0.1, 0.15) is 11.6 Å². The number of carbonyl (C=O) groups excluding carboxylic acids is 1. The number of alkyl halides is 2. The second kappa shape index (κ2) is 5.09. The number of halogens is 2. The summed E-state index contributed by atoms with van der Waals surface area (Å²) in [6.07, 6.45) is -3.77. The molecule has 0 heterocycles. The molecule has 2 N–H and O–H groups in total. The van der Waals surface area contributed by atoms with Gasteiger partial charge in [-0.3, -0.25) is 0 Å². The number of nitrogens with one attached hydrogen (secondary N) is 1. The number of aliphatic hydroxyl groups is 1. The maximum atomic E-state index is 12.1. The lowest BCUT2D eigenvalue weighted by molar-refractivity contribution is 0.0277. The summed E-state index contributed by atoms with van der Waals surface area (Å²) in [5, 5.41) is 10.4. The van der Waals surface area contributed by atoms with Crippen molar-refractivity contribution in [2.45, 2.75) is 38.8 Å². The lowest BCUT2D eigenvalue weighted by Gasteiger charge is -2.22. The van der Waals surface area contributed by atoms with Crippen molar-refractivity contribution in [3.63, 3.8) is 0 Å². The summed E-state index contributed by atoms with van der Waals surface area (Å²) in [7, 11) is 0. The van der Waals surface area contributed by atoms with Crippen molar-refractivity contribution in [1.82, 2.24) is 5.32 Å². The summed E-state index contributed by atoms with van der Waals surface area (Å²) >= 11 is 0. The molecule has 0 aliphatic carbocycles. The molecule has 0 bridgehead atoms. The average molecular weight is 211 g/mol. The van der Waals surface area contributed by atoms with Crippen LogP contribution < -0.4 is 5.32 Å². The Labute approximate surface area is 81.2 Å². The fraction of sp³-hybridized carbons (Fsp3) is 0.875. The number of amides is 1. The Bertz CT molecular complexity index is 192. The van der Waals surface area contributed by atoms with Crippen molar-refractivity contribution >= 4 is 6.09 Å². The predicted octanol–water partition coefficient (Wildman–Crippen LogP) is 1.14. The molecule has 0 aliphatic rings. The Hall–Kier alpha value is -0.910. The minimum atomic E-state index is -2.81. The number of hydrogen-bond acceptors (Lipinski definition) is 3. The van der Waals surface area contributed by atoms with Crippen molar-refractivity contribution < 1.29 is 23.4 Å². The van der Waals surface area contributed by atoms with E-state index in [4.69, 9.17) is 9.84 Å². The molecule has 0 rings (SSSR count). The van der Waals surface area contributed by atoms with Crippen molar-refractivity contribution in [2.75, 3.05) is 6.61 Å². The minimum Gasteiger partial charge on any atom is -0.444 e. The molecule has 14 heavy (non-hydrogen) atoms. The maximum Gasteiger partial charge on any atom is 0.408 e. The number of aliphatic hydroxyl groups excluding tert-OH is 1. The van der Waals surface area contributed by atoms with E-state index in [1.165, 1.54) is 0 Å². The van der Waals surface area contributed by atoms with E-state index >= 15 is 0 Å².